The average molecular weight is 178 g/mol. The molecule has 0 aliphatic carbocycles. The normalized spacial score (nSPS) is 10.5. The number of hydrogen-bond donors (Lipinski definition) is 2. The van der Waals surface area contributed by atoms with Crippen LogP contribution in [0, 0.1) is 6.92 Å². The number of phenols is 1. The standard InChI is InChI=1S/C10H10O3/c1-7-3-2-4-8(10(7)13)5-6-9(11)12/h2-6,13H,1H3,(H,11,12). The molecule has 0 heterocycles. The summed E-state index contributed by atoms with van der Waals surface area (Å²) in [6, 6.07) is 5.17. The monoisotopic (exact) mass is 178 g/mol. The number of benzene rings is 1. The number of hydrogen-bond acceptors (Lipinski definition) is 2. The molecule has 3 heteroatoms. The van der Waals surface area contributed by atoms with Crippen LogP contribution >= 0.6 is 0 Å². The van der Waals surface area contributed by atoms with E-state index in [0.717, 1.165) is 11.6 Å². The summed E-state index contributed by atoms with van der Waals surface area (Å²) in [5.41, 5.74) is 1.25. The molecular formula is C10H10O3. The number of aromatic hydroxyl groups is 1. The molecule has 0 atom stereocenters. The summed E-state index contributed by atoms with van der Waals surface area (Å²) < 4.78 is 0. The van der Waals surface area contributed by atoms with Gasteiger partial charge in [-0.2, -0.15) is 0 Å². The van der Waals surface area contributed by atoms with E-state index in [1.165, 1.54) is 6.08 Å². The summed E-state index contributed by atoms with van der Waals surface area (Å²) in [6.45, 7) is 1.76. The van der Waals surface area contributed by atoms with Crippen LogP contribution in [0.5, 0.6) is 5.75 Å². The van der Waals surface area contributed by atoms with Gasteiger partial charge in [-0.25, -0.2) is 4.79 Å². The van der Waals surface area contributed by atoms with Crippen molar-refractivity contribution >= 4 is 12.0 Å². The van der Waals surface area contributed by atoms with Gasteiger partial charge in [0, 0.05) is 11.6 Å². The van der Waals surface area contributed by atoms with Crippen LogP contribution in [0.1, 0.15) is 11.1 Å². The summed E-state index contributed by atoms with van der Waals surface area (Å²) >= 11 is 0. The van der Waals surface area contributed by atoms with Gasteiger partial charge in [0.1, 0.15) is 5.75 Å². The van der Waals surface area contributed by atoms with E-state index in [0.29, 0.717) is 5.56 Å². The van der Waals surface area contributed by atoms with E-state index >= 15 is 0 Å². The Bertz CT molecular complexity index is 353. The topological polar surface area (TPSA) is 57.5 Å². The predicted octanol–water partition coefficient (Wildman–Crippen LogP) is 1.80. The largest absolute Gasteiger partial charge is 0.507 e. The Morgan fingerprint density at radius 3 is 2.77 bits per heavy atom. The molecule has 13 heavy (non-hydrogen) atoms. The van der Waals surface area contributed by atoms with Crippen molar-refractivity contribution in [3.05, 3.63) is 35.4 Å². The van der Waals surface area contributed by atoms with Gasteiger partial charge in [0.15, 0.2) is 0 Å². The van der Waals surface area contributed by atoms with Crippen molar-refractivity contribution in [1.82, 2.24) is 0 Å². The Hall–Kier alpha value is -1.77. The molecule has 2 N–H and O–H groups in total. The van der Waals surface area contributed by atoms with E-state index in [4.69, 9.17) is 5.11 Å². The molecule has 0 bridgehead atoms. The minimum atomic E-state index is -1.03. The zero-order valence-electron chi connectivity index (χ0n) is 7.19. The lowest BCUT2D eigenvalue weighted by Crippen LogP contribution is -1.86. The first-order chi connectivity index (χ1) is 6.11. The first kappa shape index (κ1) is 9.32. The molecule has 1 aromatic carbocycles. The van der Waals surface area contributed by atoms with Gasteiger partial charge >= 0.3 is 5.97 Å². The van der Waals surface area contributed by atoms with Crippen molar-refractivity contribution < 1.29 is 15.0 Å². The lowest BCUT2D eigenvalue weighted by molar-refractivity contribution is -0.131. The average Bonchev–Trinajstić information content (AvgIpc) is 2.07. The van der Waals surface area contributed by atoms with E-state index in [1.807, 2.05) is 0 Å². The Kier molecular flexibility index (Phi) is 2.69. The van der Waals surface area contributed by atoms with Gasteiger partial charge < -0.3 is 10.2 Å². The lowest BCUT2D eigenvalue weighted by atomic mass is 10.1. The fourth-order valence-corrected chi connectivity index (χ4v) is 0.977. The van der Waals surface area contributed by atoms with E-state index in [-0.39, 0.29) is 5.75 Å². The highest BCUT2D eigenvalue weighted by Crippen LogP contribution is 2.22. The van der Waals surface area contributed by atoms with Crippen LogP contribution in [0.25, 0.3) is 6.08 Å². The number of carboxylic acids is 1. The second-order valence-electron chi connectivity index (χ2n) is 2.68. The maximum absolute atomic E-state index is 10.2. The van der Waals surface area contributed by atoms with Gasteiger partial charge in [0.2, 0.25) is 0 Å². The zero-order valence-corrected chi connectivity index (χ0v) is 7.19. The molecule has 3 nitrogen and oxygen atoms in total. The van der Waals surface area contributed by atoms with Gasteiger partial charge in [-0.15, -0.1) is 0 Å². The Morgan fingerprint density at radius 1 is 1.46 bits per heavy atom. The third-order valence-electron chi connectivity index (χ3n) is 1.67. The number of carboxylic acid groups (broad SMARTS) is 1. The first-order valence-electron chi connectivity index (χ1n) is 3.81. The fourth-order valence-electron chi connectivity index (χ4n) is 0.977. The van der Waals surface area contributed by atoms with Crippen molar-refractivity contribution in [2.45, 2.75) is 6.92 Å². The van der Waals surface area contributed by atoms with Gasteiger partial charge in [-0.1, -0.05) is 18.2 Å². The molecule has 0 aliphatic rings. The van der Waals surface area contributed by atoms with Crippen LogP contribution in [-0.2, 0) is 4.79 Å². The molecule has 1 rings (SSSR count). The number of rotatable bonds is 2. The van der Waals surface area contributed by atoms with E-state index in [1.54, 1.807) is 25.1 Å². The van der Waals surface area contributed by atoms with Crippen molar-refractivity contribution in [2.75, 3.05) is 0 Å². The van der Waals surface area contributed by atoms with E-state index in [9.17, 15) is 9.90 Å². The molecule has 0 aliphatic heterocycles. The maximum Gasteiger partial charge on any atom is 0.328 e. The second-order valence-corrected chi connectivity index (χ2v) is 2.68. The van der Waals surface area contributed by atoms with Gasteiger partial charge in [-0.05, 0) is 18.6 Å². The predicted molar refractivity (Wildman–Crippen MR) is 49.5 cm³/mol. The Balaban J connectivity index is 3.02. The molecule has 0 fully saturated rings. The molecule has 0 aromatic heterocycles. The Morgan fingerprint density at radius 2 is 2.15 bits per heavy atom. The van der Waals surface area contributed by atoms with Crippen molar-refractivity contribution in [3.63, 3.8) is 0 Å². The summed E-state index contributed by atoms with van der Waals surface area (Å²) in [6.07, 6.45) is 2.36. The number of para-hydroxylation sites is 1. The third-order valence-corrected chi connectivity index (χ3v) is 1.67. The molecule has 1 aromatic rings. The van der Waals surface area contributed by atoms with Crippen molar-refractivity contribution in [3.8, 4) is 5.75 Å². The molecule has 0 spiro atoms. The molecule has 0 radical (unpaired) electrons. The van der Waals surface area contributed by atoms with Crippen LogP contribution in [0.4, 0.5) is 0 Å². The van der Waals surface area contributed by atoms with Crippen LogP contribution in [0.3, 0.4) is 0 Å². The SMILES string of the molecule is Cc1cccc(C=CC(=O)O)c1O. The summed E-state index contributed by atoms with van der Waals surface area (Å²) in [7, 11) is 0. The number of phenolic OH excluding ortho intramolecular Hbond substituents is 1. The van der Waals surface area contributed by atoms with Gasteiger partial charge in [0.25, 0.3) is 0 Å². The highest BCUT2D eigenvalue weighted by molar-refractivity contribution is 5.85. The Labute approximate surface area is 76.0 Å². The lowest BCUT2D eigenvalue weighted by Gasteiger charge is -2.00. The molecule has 0 saturated heterocycles. The fraction of sp³-hybridized carbons (Fsp3) is 0.100. The minimum absolute atomic E-state index is 0.125. The summed E-state index contributed by atoms with van der Waals surface area (Å²) in [5, 5.41) is 17.8. The highest BCUT2D eigenvalue weighted by Gasteiger charge is 1.99. The number of aliphatic carboxylic acids is 1. The van der Waals surface area contributed by atoms with Gasteiger partial charge in [0.05, 0.1) is 0 Å². The summed E-state index contributed by atoms with van der Waals surface area (Å²) in [5.74, 6) is -0.902. The second kappa shape index (κ2) is 3.76. The van der Waals surface area contributed by atoms with Gasteiger partial charge in [-0.3, -0.25) is 0 Å². The maximum atomic E-state index is 10.2. The van der Waals surface area contributed by atoms with E-state index in [2.05, 4.69) is 0 Å². The highest BCUT2D eigenvalue weighted by atomic mass is 16.4. The first-order valence-corrected chi connectivity index (χ1v) is 3.81. The van der Waals surface area contributed by atoms with Crippen LogP contribution in [0.15, 0.2) is 24.3 Å². The third kappa shape index (κ3) is 2.33. The van der Waals surface area contributed by atoms with Crippen molar-refractivity contribution in [1.29, 1.82) is 0 Å². The molecule has 0 saturated carbocycles. The molecule has 0 unspecified atom stereocenters. The number of carbonyl (C=O) groups is 1. The molecule has 68 valence electrons. The zero-order chi connectivity index (χ0) is 9.84. The smallest absolute Gasteiger partial charge is 0.328 e. The minimum Gasteiger partial charge on any atom is -0.507 e. The van der Waals surface area contributed by atoms with E-state index < -0.39 is 5.97 Å². The summed E-state index contributed by atoms with van der Waals surface area (Å²) in [4.78, 5) is 10.2. The van der Waals surface area contributed by atoms with Crippen LogP contribution < -0.4 is 0 Å². The van der Waals surface area contributed by atoms with Crippen LogP contribution in [0.2, 0.25) is 0 Å². The number of aryl methyl sites for hydroxylation is 1. The van der Waals surface area contributed by atoms with Crippen molar-refractivity contribution in [2.24, 2.45) is 0 Å². The van der Waals surface area contributed by atoms with Crippen LogP contribution in [-0.4, -0.2) is 16.2 Å². The quantitative estimate of drug-likeness (QED) is 0.679. The molecule has 0 amide bonds. The molecular weight excluding hydrogens is 168 g/mol.